The van der Waals surface area contributed by atoms with Gasteiger partial charge in [-0.15, -0.1) is 0 Å². The molecule has 4 rings (SSSR count). The molecule has 2 aliphatic heterocycles. The number of halogens is 1. The standard InChI is InChI=1S/C24H26FN3O5/c1-26-22(29)12-15-8-9-19-21(33-15)13-32-20-10-7-14(11-17(20)24(31)28(19)2)27-23(30)16-5-3-4-6-18(16)25/h3-7,10-11,15,19,21H,8-9,12-13H2,1-2H3,(H,26,29)(H,27,30)/t15-,19-,21+/m1/s1. The molecule has 0 unspecified atom stereocenters. The summed E-state index contributed by atoms with van der Waals surface area (Å²) in [6, 6.07) is 10.2. The van der Waals surface area contributed by atoms with Crippen LogP contribution in [-0.2, 0) is 9.53 Å². The van der Waals surface area contributed by atoms with Crippen LogP contribution in [0.4, 0.5) is 10.1 Å². The smallest absolute Gasteiger partial charge is 0.258 e. The van der Waals surface area contributed by atoms with E-state index in [4.69, 9.17) is 9.47 Å². The molecular formula is C24H26FN3O5. The molecule has 1 fully saturated rings. The second kappa shape index (κ2) is 9.58. The Bertz CT molecular complexity index is 1080. The minimum Gasteiger partial charge on any atom is -0.490 e. The van der Waals surface area contributed by atoms with E-state index < -0.39 is 11.7 Å². The Kier molecular flexibility index (Phi) is 6.60. The van der Waals surface area contributed by atoms with Crippen LogP contribution in [0.2, 0.25) is 0 Å². The maximum absolute atomic E-state index is 13.9. The molecule has 0 saturated carbocycles. The minimum atomic E-state index is -0.626. The molecule has 2 aromatic carbocycles. The SMILES string of the molecule is CNC(=O)C[C@H]1CC[C@@H]2[C@H](COc3ccc(NC(=O)c4ccccc4F)cc3C(=O)N2C)O1. The molecule has 0 bridgehead atoms. The van der Waals surface area contributed by atoms with Crippen LogP contribution >= 0.6 is 0 Å². The quantitative estimate of drug-likeness (QED) is 0.739. The van der Waals surface area contributed by atoms with Crippen LogP contribution in [-0.4, -0.2) is 61.6 Å². The zero-order valence-corrected chi connectivity index (χ0v) is 18.5. The van der Waals surface area contributed by atoms with Gasteiger partial charge in [0.25, 0.3) is 11.8 Å². The van der Waals surface area contributed by atoms with E-state index in [0.717, 1.165) is 0 Å². The van der Waals surface area contributed by atoms with Crippen molar-refractivity contribution in [1.29, 1.82) is 0 Å². The summed E-state index contributed by atoms with van der Waals surface area (Å²) in [5, 5.41) is 5.24. The number of likely N-dealkylation sites (N-methyl/N-ethyl adjacent to an activating group) is 1. The van der Waals surface area contributed by atoms with Crippen molar-refractivity contribution in [3.05, 3.63) is 59.4 Å². The Hall–Kier alpha value is -3.46. The van der Waals surface area contributed by atoms with Gasteiger partial charge in [-0.05, 0) is 43.2 Å². The van der Waals surface area contributed by atoms with E-state index >= 15 is 0 Å². The Labute approximate surface area is 191 Å². The number of carbonyl (C=O) groups is 3. The highest BCUT2D eigenvalue weighted by Gasteiger charge is 2.39. The summed E-state index contributed by atoms with van der Waals surface area (Å²) in [4.78, 5) is 39.1. The summed E-state index contributed by atoms with van der Waals surface area (Å²) in [7, 11) is 3.30. The van der Waals surface area contributed by atoms with E-state index in [0.29, 0.717) is 29.8 Å². The third kappa shape index (κ3) is 4.83. The van der Waals surface area contributed by atoms with Crippen LogP contribution in [0, 0.1) is 5.82 Å². The van der Waals surface area contributed by atoms with Crippen molar-refractivity contribution in [2.75, 3.05) is 26.0 Å². The maximum Gasteiger partial charge on any atom is 0.258 e. The van der Waals surface area contributed by atoms with Gasteiger partial charge in [-0.2, -0.15) is 0 Å². The summed E-state index contributed by atoms with van der Waals surface area (Å²) >= 11 is 0. The molecule has 8 nitrogen and oxygen atoms in total. The number of nitrogens with one attached hydrogen (secondary N) is 2. The zero-order chi connectivity index (χ0) is 23.5. The van der Waals surface area contributed by atoms with Gasteiger partial charge in [0.05, 0.1) is 29.7 Å². The predicted octanol–water partition coefficient (Wildman–Crippen LogP) is 2.59. The van der Waals surface area contributed by atoms with Crippen molar-refractivity contribution < 1.29 is 28.2 Å². The maximum atomic E-state index is 13.9. The first kappa shape index (κ1) is 22.7. The number of benzene rings is 2. The molecule has 33 heavy (non-hydrogen) atoms. The fourth-order valence-corrected chi connectivity index (χ4v) is 4.26. The summed E-state index contributed by atoms with van der Waals surface area (Å²) in [5.41, 5.74) is 0.572. The summed E-state index contributed by atoms with van der Waals surface area (Å²) in [6.45, 7) is 0.223. The van der Waals surface area contributed by atoms with Crippen molar-refractivity contribution in [3.63, 3.8) is 0 Å². The molecule has 1 saturated heterocycles. The van der Waals surface area contributed by atoms with Gasteiger partial charge in [0.2, 0.25) is 5.91 Å². The molecule has 0 radical (unpaired) electrons. The normalized spacial score (nSPS) is 22.2. The van der Waals surface area contributed by atoms with E-state index in [2.05, 4.69) is 10.6 Å². The summed E-state index contributed by atoms with van der Waals surface area (Å²) in [6.07, 6.45) is 0.998. The average Bonchev–Trinajstić information content (AvgIpc) is 2.82. The van der Waals surface area contributed by atoms with Crippen molar-refractivity contribution in [3.8, 4) is 5.75 Å². The Morgan fingerprint density at radius 1 is 1.18 bits per heavy atom. The van der Waals surface area contributed by atoms with E-state index in [1.54, 1.807) is 37.2 Å². The first-order valence-electron chi connectivity index (χ1n) is 10.8. The van der Waals surface area contributed by atoms with Crippen LogP contribution in [0.15, 0.2) is 42.5 Å². The lowest BCUT2D eigenvalue weighted by Gasteiger charge is -2.42. The number of amides is 3. The molecule has 174 valence electrons. The van der Waals surface area contributed by atoms with E-state index in [9.17, 15) is 18.8 Å². The number of ether oxygens (including phenoxy) is 2. The molecule has 2 heterocycles. The number of fused-ring (bicyclic) bond motifs is 2. The zero-order valence-electron chi connectivity index (χ0n) is 18.5. The van der Waals surface area contributed by atoms with Crippen LogP contribution in [0.25, 0.3) is 0 Å². The van der Waals surface area contributed by atoms with E-state index in [1.165, 1.54) is 24.3 Å². The van der Waals surface area contributed by atoms with Crippen molar-refractivity contribution in [2.24, 2.45) is 0 Å². The van der Waals surface area contributed by atoms with Crippen LogP contribution in [0.5, 0.6) is 5.75 Å². The highest BCUT2D eigenvalue weighted by molar-refractivity contribution is 6.05. The Morgan fingerprint density at radius 2 is 1.97 bits per heavy atom. The van der Waals surface area contributed by atoms with Crippen molar-refractivity contribution in [1.82, 2.24) is 10.2 Å². The number of rotatable bonds is 4. The average molecular weight is 455 g/mol. The van der Waals surface area contributed by atoms with Crippen LogP contribution in [0.3, 0.4) is 0 Å². The van der Waals surface area contributed by atoms with Gasteiger partial charge in [-0.1, -0.05) is 12.1 Å². The Morgan fingerprint density at radius 3 is 2.73 bits per heavy atom. The molecule has 0 aromatic heterocycles. The number of anilines is 1. The first-order valence-corrected chi connectivity index (χ1v) is 10.8. The number of hydrogen-bond donors (Lipinski definition) is 2. The number of hydrogen-bond acceptors (Lipinski definition) is 5. The molecule has 3 atom stereocenters. The van der Waals surface area contributed by atoms with E-state index in [1.807, 2.05) is 0 Å². The lowest BCUT2D eigenvalue weighted by molar-refractivity contribution is -0.133. The van der Waals surface area contributed by atoms with Crippen molar-refractivity contribution in [2.45, 2.75) is 37.5 Å². The van der Waals surface area contributed by atoms with Gasteiger partial charge in [0.15, 0.2) is 0 Å². The molecule has 2 aliphatic rings. The largest absolute Gasteiger partial charge is 0.490 e. The molecule has 0 spiro atoms. The van der Waals surface area contributed by atoms with Gasteiger partial charge >= 0.3 is 0 Å². The van der Waals surface area contributed by atoms with Crippen LogP contribution < -0.4 is 15.4 Å². The lowest BCUT2D eigenvalue weighted by atomic mass is 9.94. The highest BCUT2D eigenvalue weighted by Crippen LogP contribution is 2.32. The molecule has 2 N–H and O–H groups in total. The third-order valence-corrected chi connectivity index (χ3v) is 6.08. The molecule has 2 aromatic rings. The van der Waals surface area contributed by atoms with E-state index in [-0.39, 0.29) is 48.7 Å². The molecule has 9 heteroatoms. The lowest BCUT2D eigenvalue weighted by Crippen LogP contribution is -2.53. The minimum absolute atomic E-state index is 0.0857. The number of nitrogens with zero attached hydrogens (tertiary/aromatic N) is 1. The van der Waals surface area contributed by atoms with Gasteiger partial charge in [-0.3, -0.25) is 14.4 Å². The molecule has 3 amide bonds. The van der Waals surface area contributed by atoms with Gasteiger partial charge in [0, 0.05) is 19.8 Å². The third-order valence-electron chi connectivity index (χ3n) is 6.08. The van der Waals surface area contributed by atoms with Gasteiger partial charge in [0.1, 0.15) is 24.3 Å². The highest BCUT2D eigenvalue weighted by atomic mass is 19.1. The summed E-state index contributed by atoms with van der Waals surface area (Å²) in [5.74, 6) is -1.23. The molecular weight excluding hydrogens is 429 g/mol. The topological polar surface area (TPSA) is 97.0 Å². The molecule has 0 aliphatic carbocycles. The predicted molar refractivity (Wildman–Crippen MR) is 119 cm³/mol. The Balaban J connectivity index is 1.52. The van der Waals surface area contributed by atoms with Crippen LogP contribution in [0.1, 0.15) is 40.0 Å². The second-order valence-electron chi connectivity index (χ2n) is 8.19. The van der Waals surface area contributed by atoms with Crippen molar-refractivity contribution >= 4 is 23.4 Å². The van der Waals surface area contributed by atoms with Gasteiger partial charge in [-0.25, -0.2) is 4.39 Å². The fraction of sp³-hybridized carbons (Fsp3) is 0.375. The fourth-order valence-electron chi connectivity index (χ4n) is 4.26. The van der Waals surface area contributed by atoms with Gasteiger partial charge < -0.3 is 25.0 Å². The number of carbonyl (C=O) groups excluding carboxylic acids is 3. The second-order valence-corrected chi connectivity index (χ2v) is 8.19. The monoisotopic (exact) mass is 455 g/mol. The first-order chi connectivity index (χ1) is 15.9. The summed E-state index contributed by atoms with van der Waals surface area (Å²) < 4.78 is 25.9.